The standard InChI is InChI=1S/C19H22N2O/c1-14-6-3-8-16(12-14)18-10-5-11-21(18)19(22)20-17-9-4-7-15(2)13-17/h3-4,6-9,12-13,18H,5,10-11H2,1-2H3,(H,20,22). The summed E-state index contributed by atoms with van der Waals surface area (Å²) in [6.45, 7) is 4.94. The maximum absolute atomic E-state index is 12.6. The van der Waals surface area contributed by atoms with Gasteiger partial charge in [0.05, 0.1) is 6.04 Å². The first-order valence-electron chi connectivity index (χ1n) is 7.84. The molecule has 1 unspecified atom stereocenters. The molecule has 1 atom stereocenters. The molecule has 1 heterocycles. The Bertz CT molecular complexity index is 681. The van der Waals surface area contributed by atoms with Gasteiger partial charge in [0, 0.05) is 12.2 Å². The fraction of sp³-hybridized carbons (Fsp3) is 0.316. The molecule has 114 valence electrons. The second kappa shape index (κ2) is 6.22. The van der Waals surface area contributed by atoms with Crippen molar-refractivity contribution in [1.29, 1.82) is 0 Å². The minimum atomic E-state index is -0.00499. The van der Waals surface area contributed by atoms with E-state index in [1.165, 1.54) is 11.1 Å². The smallest absolute Gasteiger partial charge is 0.317 e. The first-order chi connectivity index (χ1) is 10.6. The quantitative estimate of drug-likeness (QED) is 0.857. The highest BCUT2D eigenvalue weighted by Gasteiger charge is 2.29. The largest absolute Gasteiger partial charge is 0.322 e. The van der Waals surface area contributed by atoms with Gasteiger partial charge in [-0.05, 0) is 49.9 Å². The Kier molecular flexibility index (Phi) is 4.14. The van der Waals surface area contributed by atoms with E-state index in [0.29, 0.717) is 0 Å². The minimum absolute atomic E-state index is 0.00499. The molecular formula is C19H22N2O. The summed E-state index contributed by atoms with van der Waals surface area (Å²) < 4.78 is 0. The summed E-state index contributed by atoms with van der Waals surface area (Å²) in [6, 6.07) is 16.6. The van der Waals surface area contributed by atoms with Gasteiger partial charge in [0.25, 0.3) is 0 Å². The van der Waals surface area contributed by atoms with Crippen LogP contribution in [0, 0.1) is 13.8 Å². The van der Waals surface area contributed by atoms with E-state index in [0.717, 1.165) is 30.6 Å². The molecule has 3 nitrogen and oxygen atoms in total. The summed E-state index contributed by atoms with van der Waals surface area (Å²) in [6.07, 6.45) is 2.09. The van der Waals surface area contributed by atoms with Gasteiger partial charge in [-0.2, -0.15) is 0 Å². The predicted octanol–water partition coefficient (Wildman–Crippen LogP) is 4.67. The summed E-state index contributed by atoms with van der Waals surface area (Å²) in [7, 11) is 0. The number of urea groups is 1. The second-order valence-corrected chi connectivity index (χ2v) is 6.07. The average molecular weight is 294 g/mol. The van der Waals surface area contributed by atoms with Crippen molar-refractivity contribution in [2.45, 2.75) is 32.7 Å². The van der Waals surface area contributed by atoms with E-state index >= 15 is 0 Å². The van der Waals surface area contributed by atoms with Gasteiger partial charge in [0.1, 0.15) is 0 Å². The summed E-state index contributed by atoms with van der Waals surface area (Å²) in [5.74, 6) is 0. The molecule has 22 heavy (non-hydrogen) atoms. The van der Waals surface area contributed by atoms with Crippen LogP contribution in [0.15, 0.2) is 48.5 Å². The van der Waals surface area contributed by atoms with E-state index in [9.17, 15) is 4.79 Å². The number of amides is 2. The number of nitrogens with one attached hydrogen (secondary N) is 1. The van der Waals surface area contributed by atoms with Gasteiger partial charge in [-0.1, -0.05) is 42.0 Å². The van der Waals surface area contributed by atoms with Crippen LogP contribution >= 0.6 is 0 Å². The highest BCUT2D eigenvalue weighted by molar-refractivity contribution is 5.89. The minimum Gasteiger partial charge on any atom is -0.317 e. The van der Waals surface area contributed by atoms with Crippen LogP contribution in [0.25, 0.3) is 0 Å². The van der Waals surface area contributed by atoms with Gasteiger partial charge in [-0.25, -0.2) is 4.79 Å². The molecule has 0 aliphatic carbocycles. The summed E-state index contributed by atoms with van der Waals surface area (Å²) in [5, 5.41) is 3.03. The maximum atomic E-state index is 12.6. The fourth-order valence-corrected chi connectivity index (χ4v) is 3.15. The lowest BCUT2D eigenvalue weighted by atomic mass is 10.0. The number of carbonyl (C=O) groups excluding carboxylic acids is 1. The van der Waals surface area contributed by atoms with Crippen molar-refractivity contribution in [3.05, 3.63) is 65.2 Å². The third-order valence-electron chi connectivity index (χ3n) is 4.21. The zero-order chi connectivity index (χ0) is 15.5. The molecule has 2 aromatic carbocycles. The van der Waals surface area contributed by atoms with Gasteiger partial charge >= 0.3 is 6.03 Å². The number of likely N-dealkylation sites (tertiary alicyclic amines) is 1. The summed E-state index contributed by atoms with van der Waals surface area (Å²) >= 11 is 0. The molecule has 0 saturated carbocycles. The molecule has 0 spiro atoms. The molecule has 1 N–H and O–H groups in total. The summed E-state index contributed by atoms with van der Waals surface area (Å²) in [4.78, 5) is 14.6. The van der Waals surface area contributed by atoms with Crippen LogP contribution in [0.5, 0.6) is 0 Å². The Morgan fingerprint density at radius 2 is 1.82 bits per heavy atom. The van der Waals surface area contributed by atoms with E-state index in [2.05, 4.69) is 36.5 Å². The molecule has 0 radical (unpaired) electrons. The van der Waals surface area contributed by atoms with Crippen molar-refractivity contribution in [3.8, 4) is 0 Å². The monoisotopic (exact) mass is 294 g/mol. The number of rotatable bonds is 2. The molecule has 1 saturated heterocycles. The molecular weight excluding hydrogens is 272 g/mol. The molecule has 1 aliphatic rings. The van der Waals surface area contributed by atoms with Crippen LogP contribution in [-0.4, -0.2) is 17.5 Å². The highest BCUT2D eigenvalue weighted by Crippen LogP contribution is 2.32. The van der Waals surface area contributed by atoms with Gasteiger partial charge < -0.3 is 10.2 Å². The van der Waals surface area contributed by atoms with Crippen molar-refractivity contribution < 1.29 is 4.79 Å². The lowest BCUT2D eigenvalue weighted by Crippen LogP contribution is -2.34. The molecule has 2 amide bonds. The average Bonchev–Trinajstić information content (AvgIpc) is 2.97. The van der Waals surface area contributed by atoms with Crippen molar-refractivity contribution in [1.82, 2.24) is 4.90 Å². The molecule has 0 aromatic heterocycles. The van der Waals surface area contributed by atoms with Crippen molar-refractivity contribution in [2.75, 3.05) is 11.9 Å². The van der Waals surface area contributed by atoms with E-state index in [-0.39, 0.29) is 12.1 Å². The number of hydrogen-bond acceptors (Lipinski definition) is 1. The topological polar surface area (TPSA) is 32.3 Å². The van der Waals surface area contributed by atoms with E-state index in [1.54, 1.807) is 0 Å². The van der Waals surface area contributed by atoms with Gasteiger partial charge in [0.2, 0.25) is 0 Å². The molecule has 2 aromatic rings. The highest BCUT2D eigenvalue weighted by atomic mass is 16.2. The lowest BCUT2D eigenvalue weighted by Gasteiger charge is -2.25. The number of anilines is 1. The zero-order valence-corrected chi connectivity index (χ0v) is 13.2. The maximum Gasteiger partial charge on any atom is 0.322 e. The molecule has 3 rings (SSSR count). The van der Waals surface area contributed by atoms with Crippen molar-refractivity contribution in [3.63, 3.8) is 0 Å². The van der Waals surface area contributed by atoms with Crippen LogP contribution in [-0.2, 0) is 0 Å². The third-order valence-corrected chi connectivity index (χ3v) is 4.21. The Balaban J connectivity index is 1.76. The summed E-state index contributed by atoms with van der Waals surface area (Å²) in [5.41, 5.74) is 4.48. The number of aryl methyl sites for hydroxylation is 2. The SMILES string of the molecule is Cc1cccc(NC(=O)N2CCCC2c2cccc(C)c2)c1. The first kappa shape index (κ1) is 14.6. The molecule has 3 heteroatoms. The van der Waals surface area contributed by atoms with Gasteiger partial charge in [-0.3, -0.25) is 0 Å². The van der Waals surface area contributed by atoms with Crippen LogP contribution in [0.4, 0.5) is 10.5 Å². The zero-order valence-electron chi connectivity index (χ0n) is 13.2. The molecule has 0 bridgehead atoms. The van der Waals surface area contributed by atoms with E-state index in [4.69, 9.17) is 0 Å². The molecule has 1 aliphatic heterocycles. The van der Waals surface area contributed by atoms with Crippen LogP contribution in [0.1, 0.15) is 35.6 Å². The second-order valence-electron chi connectivity index (χ2n) is 6.07. The number of hydrogen-bond donors (Lipinski definition) is 1. The van der Waals surface area contributed by atoms with Crippen LogP contribution in [0.3, 0.4) is 0 Å². The third kappa shape index (κ3) is 3.14. The Morgan fingerprint density at radius 1 is 1.09 bits per heavy atom. The van der Waals surface area contributed by atoms with Crippen LogP contribution < -0.4 is 5.32 Å². The van der Waals surface area contributed by atoms with Crippen LogP contribution in [0.2, 0.25) is 0 Å². The normalized spacial score (nSPS) is 17.5. The Hall–Kier alpha value is -2.29. The molecule has 1 fully saturated rings. The lowest BCUT2D eigenvalue weighted by molar-refractivity contribution is 0.207. The van der Waals surface area contributed by atoms with E-state index in [1.807, 2.05) is 36.1 Å². The van der Waals surface area contributed by atoms with E-state index < -0.39 is 0 Å². The first-order valence-corrected chi connectivity index (χ1v) is 7.84. The Labute approximate surface area is 132 Å². The van der Waals surface area contributed by atoms with Crippen molar-refractivity contribution >= 4 is 11.7 Å². The van der Waals surface area contributed by atoms with Gasteiger partial charge in [-0.15, -0.1) is 0 Å². The number of benzene rings is 2. The van der Waals surface area contributed by atoms with Crippen molar-refractivity contribution in [2.24, 2.45) is 0 Å². The number of carbonyl (C=O) groups is 1. The van der Waals surface area contributed by atoms with Gasteiger partial charge in [0.15, 0.2) is 0 Å². The fourth-order valence-electron chi connectivity index (χ4n) is 3.15. The number of nitrogens with zero attached hydrogens (tertiary/aromatic N) is 1. The predicted molar refractivity (Wildman–Crippen MR) is 90.1 cm³/mol. The Morgan fingerprint density at radius 3 is 2.55 bits per heavy atom.